The van der Waals surface area contributed by atoms with Gasteiger partial charge in [0.1, 0.15) is 0 Å². The number of rotatable bonds is 8. The number of amides is 1. The van der Waals surface area contributed by atoms with Crippen LogP contribution in [0, 0.1) is 6.92 Å². The van der Waals surface area contributed by atoms with E-state index in [-0.39, 0.29) is 24.4 Å². The highest BCUT2D eigenvalue weighted by atomic mass is 16.1. The van der Waals surface area contributed by atoms with Gasteiger partial charge in [-0.1, -0.05) is 97.4 Å². The monoisotopic (exact) mass is 372 g/mol. The number of nitrogens with one attached hydrogen (secondary N) is 2. The number of benzene rings is 3. The van der Waals surface area contributed by atoms with Crippen LogP contribution in [0.5, 0.6) is 0 Å². The molecule has 2 N–H and O–H groups in total. The van der Waals surface area contributed by atoms with E-state index in [4.69, 9.17) is 0 Å². The Morgan fingerprint density at radius 1 is 0.786 bits per heavy atom. The minimum absolute atomic E-state index is 0.0100. The highest BCUT2D eigenvalue weighted by Gasteiger charge is 2.15. The normalized spacial score (nSPS) is 12.9. The average molecular weight is 373 g/mol. The zero-order chi connectivity index (χ0) is 19.8. The first kappa shape index (κ1) is 19.8. The Labute approximate surface area is 167 Å². The highest BCUT2D eigenvalue weighted by Crippen LogP contribution is 2.22. The summed E-state index contributed by atoms with van der Waals surface area (Å²) in [5.41, 5.74) is 4.76. The summed E-state index contributed by atoms with van der Waals surface area (Å²) in [6, 6.07) is 28.9. The molecule has 0 fully saturated rings. The molecule has 0 radical (unpaired) electrons. The quantitative estimate of drug-likeness (QED) is 0.607. The second-order valence-electron chi connectivity index (χ2n) is 7.25. The molecule has 0 aliphatic carbocycles. The van der Waals surface area contributed by atoms with Gasteiger partial charge in [0.2, 0.25) is 5.91 Å². The van der Waals surface area contributed by atoms with Crippen molar-refractivity contribution < 1.29 is 4.79 Å². The van der Waals surface area contributed by atoms with E-state index in [0.717, 1.165) is 11.1 Å². The van der Waals surface area contributed by atoms with Crippen molar-refractivity contribution in [3.63, 3.8) is 0 Å². The van der Waals surface area contributed by atoms with Gasteiger partial charge in [-0.25, -0.2) is 0 Å². The van der Waals surface area contributed by atoms with Crippen molar-refractivity contribution in [3.8, 4) is 0 Å². The largest absolute Gasteiger partial charge is 0.354 e. The fourth-order valence-electron chi connectivity index (χ4n) is 3.26. The van der Waals surface area contributed by atoms with E-state index in [2.05, 4.69) is 73.0 Å². The van der Waals surface area contributed by atoms with E-state index >= 15 is 0 Å². The molecule has 3 heteroatoms. The number of carbonyl (C=O) groups is 1. The zero-order valence-electron chi connectivity index (χ0n) is 16.6. The fourth-order valence-corrected chi connectivity index (χ4v) is 3.26. The van der Waals surface area contributed by atoms with Crippen LogP contribution in [0.2, 0.25) is 0 Å². The van der Waals surface area contributed by atoms with Crippen molar-refractivity contribution in [1.82, 2.24) is 10.6 Å². The van der Waals surface area contributed by atoms with Crippen LogP contribution in [-0.2, 0) is 4.79 Å². The Hall–Kier alpha value is -2.91. The predicted molar refractivity (Wildman–Crippen MR) is 115 cm³/mol. The Bertz CT molecular complexity index is 860. The van der Waals surface area contributed by atoms with E-state index in [1.807, 2.05) is 36.4 Å². The SMILES string of the molecule is Cc1ccc([C@@H](NCC(=O)NC[C@@H](C)c2ccccc2)c2ccccc2)cc1. The van der Waals surface area contributed by atoms with E-state index < -0.39 is 0 Å². The maximum atomic E-state index is 12.4. The molecule has 1 amide bonds. The molecule has 0 spiro atoms. The lowest BCUT2D eigenvalue weighted by atomic mass is 9.98. The van der Waals surface area contributed by atoms with E-state index in [0.29, 0.717) is 6.54 Å². The van der Waals surface area contributed by atoms with Crippen LogP contribution >= 0.6 is 0 Å². The topological polar surface area (TPSA) is 41.1 Å². The maximum Gasteiger partial charge on any atom is 0.234 e. The maximum absolute atomic E-state index is 12.4. The summed E-state index contributed by atoms with van der Waals surface area (Å²) in [6.07, 6.45) is 0. The smallest absolute Gasteiger partial charge is 0.234 e. The molecule has 0 unspecified atom stereocenters. The molecule has 3 rings (SSSR count). The van der Waals surface area contributed by atoms with Gasteiger partial charge >= 0.3 is 0 Å². The molecule has 0 aliphatic rings. The van der Waals surface area contributed by atoms with Gasteiger partial charge in [0.15, 0.2) is 0 Å². The van der Waals surface area contributed by atoms with Gasteiger partial charge in [-0.3, -0.25) is 10.1 Å². The molecule has 3 aromatic rings. The van der Waals surface area contributed by atoms with E-state index in [9.17, 15) is 4.79 Å². The van der Waals surface area contributed by atoms with Crippen molar-refractivity contribution >= 4 is 5.91 Å². The van der Waals surface area contributed by atoms with Crippen molar-refractivity contribution in [2.24, 2.45) is 0 Å². The summed E-state index contributed by atoms with van der Waals surface area (Å²) in [7, 11) is 0. The second-order valence-corrected chi connectivity index (χ2v) is 7.25. The number of hydrogen-bond donors (Lipinski definition) is 2. The lowest BCUT2D eigenvalue weighted by molar-refractivity contribution is -0.120. The summed E-state index contributed by atoms with van der Waals surface area (Å²) in [6.45, 7) is 5.11. The summed E-state index contributed by atoms with van der Waals surface area (Å²) in [5, 5.41) is 6.47. The molecule has 144 valence electrons. The Morgan fingerprint density at radius 2 is 1.32 bits per heavy atom. The van der Waals surface area contributed by atoms with Crippen LogP contribution in [0.3, 0.4) is 0 Å². The first-order valence-corrected chi connectivity index (χ1v) is 9.80. The second kappa shape index (κ2) is 9.86. The van der Waals surface area contributed by atoms with Crippen molar-refractivity contribution in [1.29, 1.82) is 0 Å². The van der Waals surface area contributed by atoms with Gasteiger partial charge in [-0.15, -0.1) is 0 Å². The molecular weight excluding hydrogens is 344 g/mol. The third-order valence-electron chi connectivity index (χ3n) is 4.98. The molecular formula is C25H28N2O. The van der Waals surface area contributed by atoms with Gasteiger partial charge in [-0.05, 0) is 29.5 Å². The summed E-state index contributed by atoms with van der Waals surface area (Å²) >= 11 is 0. The molecule has 0 aliphatic heterocycles. The van der Waals surface area contributed by atoms with Gasteiger partial charge < -0.3 is 5.32 Å². The average Bonchev–Trinajstić information content (AvgIpc) is 2.75. The van der Waals surface area contributed by atoms with Crippen LogP contribution in [0.25, 0.3) is 0 Å². The lowest BCUT2D eigenvalue weighted by Gasteiger charge is -2.20. The van der Waals surface area contributed by atoms with Gasteiger partial charge in [0, 0.05) is 6.54 Å². The first-order valence-electron chi connectivity index (χ1n) is 9.80. The number of carbonyl (C=O) groups excluding carboxylic acids is 1. The predicted octanol–water partition coefficient (Wildman–Crippen LogP) is 4.59. The van der Waals surface area contributed by atoms with Gasteiger partial charge in [-0.2, -0.15) is 0 Å². The minimum atomic E-state index is -0.0147. The third kappa shape index (κ3) is 5.54. The molecule has 3 aromatic carbocycles. The van der Waals surface area contributed by atoms with Crippen LogP contribution in [0.1, 0.15) is 41.1 Å². The molecule has 0 bridgehead atoms. The van der Waals surface area contributed by atoms with E-state index in [1.165, 1.54) is 11.1 Å². The Morgan fingerprint density at radius 3 is 1.93 bits per heavy atom. The molecule has 0 saturated carbocycles. The highest BCUT2D eigenvalue weighted by molar-refractivity contribution is 5.78. The molecule has 0 heterocycles. The third-order valence-corrected chi connectivity index (χ3v) is 4.98. The standard InChI is InChI=1S/C25H28N2O/c1-19-13-15-23(16-14-19)25(22-11-7-4-8-12-22)27-18-24(28)26-17-20(2)21-9-5-3-6-10-21/h3-16,20,25,27H,17-18H2,1-2H3,(H,26,28)/t20-,25+/m1/s1. The number of hydrogen-bond acceptors (Lipinski definition) is 2. The van der Waals surface area contributed by atoms with Crippen LogP contribution in [0.15, 0.2) is 84.9 Å². The van der Waals surface area contributed by atoms with Gasteiger partial charge in [0.25, 0.3) is 0 Å². The van der Waals surface area contributed by atoms with E-state index in [1.54, 1.807) is 0 Å². The summed E-state index contributed by atoms with van der Waals surface area (Å²) in [4.78, 5) is 12.4. The molecule has 0 saturated heterocycles. The number of aryl methyl sites for hydroxylation is 1. The fraction of sp³-hybridized carbons (Fsp3) is 0.240. The van der Waals surface area contributed by atoms with Crippen LogP contribution < -0.4 is 10.6 Å². The molecule has 3 nitrogen and oxygen atoms in total. The van der Waals surface area contributed by atoms with Crippen molar-refractivity contribution in [2.75, 3.05) is 13.1 Å². The van der Waals surface area contributed by atoms with Crippen LogP contribution in [-0.4, -0.2) is 19.0 Å². The Balaban J connectivity index is 1.60. The zero-order valence-corrected chi connectivity index (χ0v) is 16.6. The summed E-state index contributed by atoms with van der Waals surface area (Å²) in [5.74, 6) is 0.294. The molecule has 28 heavy (non-hydrogen) atoms. The van der Waals surface area contributed by atoms with Crippen LogP contribution in [0.4, 0.5) is 0 Å². The first-order chi connectivity index (χ1) is 13.6. The van der Waals surface area contributed by atoms with Gasteiger partial charge in [0.05, 0.1) is 12.6 Å². The molecule has 0 aromatic heterocycles. The van der Waals surface area contributed by atoms with Crippen molar-refractivity contribution in [2.45, 2.75) is 25.8 Å². The minimum Gasteiger partial charge on any atom is -0.354 e. The summed E-state index contributed by atoms with van der Waals surface area (Å²) < 4.78 is 0. The van der Waals surface area contributed by atoms with Crippen molar-refractivity contribution in [3.05, 3.63) is 107 Å². The Kier molecular flexibility index (Phi) is 6.99. The molecule has 2 atom stereocenters. The lowest BCUT2D eigenvalue weighted by Crippen LogP contribution is -2.37.